The third-order valence-corrected chi connectivity index (χ3v) is 4.93. The maximum Gasteiger partial charge on any atom is 0.337 e. The number of ether oxygens (including phenoxy) is 1. The van der Waals surface area contributed by atoms with Gasteiger partial charge in [-0.1, -0.05) is 0 Å². The van der Waals surface area contributed by atoms with Gasteiger partial charge in [0.05, 0.1) is 46.6 Å². The van der Waals surface area contributed by atoms with Crippen LogP contribution in [-0.4, -0.2) is 34.8 Å². The van der Waals surface area contributed by atoms with Gasteiger partial charge >= 0.3 is 5.97 Å². The topological polar surface area (TPSA) is 93.8 Å². The van der Waals surface area contributed by atoms with Crippen molar-refractivity contribution in [1.82, 2.24) is 0 Å². The van der Waals surface area contributed by atoms with E-state index >= 15 is 0 Å². The molecule has 0 bridgehead atoms. The lowest BCUT2D eigenvalue weighted by atomic mass is 10.1. The van der Waals surface area contributed by atoms with Crippen LogP contribution in [0.25, 0.3) is 21.9 Å². The highest BCUT2D eigenvalue weighted by Gasteiger charge is 2.13. The summed E-state index contributed by atoms with van der Waals surface area (Å²) in [5.74, 6) is -0.453. The highest BCUT2D eigenvalue weighted by Crippen LogP contribution is 2.22. The summed E-state index contributed by atoms with van der Waals surface area (Å²) in [7, 11) is -0.137. The number of hydrogen-bond acceptors (Lipinski definition) is 6. The van der Waals surface area contributed by atoms with Crippen LogP contribution in [0.15, 0.2) is 50.5 Å². The molecule has 24 heavy (non-hydrogen) atoms. The molecule has 0 saturated carbocycles. The standard InChI is InChI=1S/C17H14O6S/c1-22-17(20)10-2-4-14-12(8-10)16(19)13-9-11(24(21)7-6-18)3-5-15(13)23-14/h2-5,8-9,18H,6-7H2,1H3/t24-/m1/s1. The summed E-state index contributed by atoms with van der Waals surface area (Å²) >= 11 is 0. The van der Waals surface area contributed by atoms with Gasteiger partial charge in [-0.3, -0.25) is 9.00 Å². The lowest BCUT2D eigenvalue weighted by Gasteiger charge is -2.05. The number of aliphatic hydroxyl groups is 1. The largest absolute Gasteiger partial charge is 0.465 e. The van der Waals surface area contributed by atoms with Gasteiger partial charge in [-0.05, 0) is 36.4 Å². The molecule has 1 heterocycles. The van der Waals surface area contributed by atoms with Crippen molar-refractivity contribution in [3.05, 3.63) is 52.2 Å². The summed E-state index contributed by atoms with van der Waals surface area (Å²) < 4.78 is 22.3. The molecule has 2 aromatic carbocycles. The van der Waals surface area contributed by atoms with E-state index in [0.717, 1.165) is 0 Å². The van der Waals surface area contributed by atoms with E-state index in [1.165, 1.54) is 25.3 Å². The summed E-state index contributed by atoms with van der Waals surface area (Å²) in [5.41, 5.74) is 0.643. The van der Waals surface area contributed by atoms with Crippen molar-refractivity contribution in [2.75, 3.05) is 19.5 Å². The Kier molecular flexibility index (Phi) is 4.46. The molecule has 0 aliphatic carbocycles. The van der Waals surface area contributed by atoms with Crippen molar-refractivity contribution in [2.45, 2.75) is 4.90 Å². The van der Waals surface area contributed by atoms with E-state index in [2.05, 4.69) is 4.74 Å². The normalized spacial score (nSPS) is 12.4. The number of benzene rings is 2. The Morgan fingerprint density at radius 3 is 2.50 bits per heavy atom. The Morgan fingerprint density at radius 1 is 1.17 bits per heavy atom. The minimum Gasteiger partial charge on any atom is -0.465 e. The van der Waals surface area contributed by atoms with Gasteiger partial charge in [-0.2, -0.15) is 0 Å². The van der Waals surface area contributed by atoms with E-state index in [-0.39, 0.29) is 34.1 Å². The molecule has 0 aliphatic rings. The molecule has 0 radical (unpaired) electrons. The molecule has 0 spiro atoms. The van der Waals surface area contributed by atoms with Gasteiger partial charge in [0.2, 0.25) is 5.43 Å². The quantitative estimate of drug-likeness (QED) is 0.572. The maximum atomic E-state index is 12.7. The van der Waals surface area contributed by atoms with Crippen LogP contribution in [0.4, 0.5) is 0 Å². The first-order valence-electron chi connectivity index (χ1n) is 7.13. The Morgan fingerprint density at radius 2 is 1.83 bits per heavy atom. The molecule has 6 nitrogen and oxygen atoms in total. The number of aliphatic hydroxyl groups excluding tert-OH is 1. The molecule has 3 rings (SSSR count). The molecule has 0 unspecified atom stereocenters. The van der Waals surface area contributed by atoms with Crippen LogP contribution in [0.3, 0.4) is 0 Å². The average molecular weight is 346 g/mol. The highest BCUT2D eigenvalue weighted by molar-refractivity contribution is 7.85. The van der Waals surface area contributed by atoms with Gasteiger partial charge in [-0.15, -0.1) is 0 Å². The number of rotatable bonds is 4. The first-order valence-corrected chi connectivity index (χ1v) is 8.45. The number of fused-ring (bicyclic) bond motifs is 2. The summed E-state index contributed by atoms with van der Waals surface area (Å²) in [6, 6.07) is 9.16. The van der Waals surface area contributed by atoms with Gasteiger partial charge in [0, 0.05) is 4.90 Å². The van der Waals surface area contributed by atoms with Gasteiger partial charge in [-0.25, -0.2) is 4.79 Å². The molecule has 3 aromatic rings. The van der Waals surface area contributed by atoms with Gasteiger partial charge in [0.1, 0.15) is 11.2 Å². The zero-order valence-electron chi connectivity index (χ0n) is 12.8. The zero-order chi connectivity index (χ0) is 17.3. The molecule has 7 heteroatoms. The monoisotopic (exact) mass is 346 g/mol. The fourth-order valence-corrected chi connectivity index (χ4v) is 3.29. The first-order chi connectivity index (χ1) is 11.5. The summed E-state index contributed by atoms with van der Waals surface area (Å²) in [6.07, 6.45) is 0. The highest BCUT2D eigenvalue weighted by atomic mass is 32.2. The van der Waals surface area contributed by atoms with Crippen LogP contribution in [0.1, 0.15) is 10.4 Å². The second kappa shape index (κ2) is 6.54. The zero-order valence-corrected chi connectivity index (χ0v) is 13.6. The van der Waals surface area contributed by atoms with Crippen LogP contribution in [-0.2, 0) is 15.5 Å². The predicted octanol–water partition coefficient (Wildman–Crippen LogP) is 1.83. The Hall–Kier alpha value is -2.51. The van der Waals surface area contributed by atoms with E-state index in [0.29, 0.717) is 16.1 Å². The summed E-state index contributed by atoms with van der Waals surface area (Å²) in [6.45, 7) is -0.209. The second-order valence-corrected chi connectivity index (χ2v) is 6.64. The number of hydrogen-bond donors (Lipinski definition) is 1. The average Bonchev–Trinajstić information content (AvgIpc) is 2.61. The number of esters is 1. The van der Waals surface area contributed by atoms with Crippen molar-refractivity contribution in [2.24, 2.45) is 0 Å². The SMILES string of the molecule is COC(=O)c1ccc2oc3ccc([S@](=O)CCO)cc3c(=O)c2c1. The predicted molar refractivity (Wildman–Crippen MR) is 89.7 cm³/mol. The Bertz CT molecular complexity index is 1020. The summed E-state index contributed by atoms with van der Waals surface area (Å²) in [5, 5.41) is 9.41. The molecule has 1 N–H and O–H groups in total. The van der Waals surface area contributed by atoms with E-state index in [4.69, 9.17) is 9.52 Å². The van der Waals surface area contributed by atoms with Crippen LogP contribution in [0, 0.1) is 0 Å². The fourth-order valence-electron chi connectivity index (χ4n) is 2.42. The van der Waals surface area contributed by atoms with Gasteiger partial charge in [0.15, 0.2) is 0 Å². The van der Waals surface area contributed by atoms with E-state index in [9.17, 15) is 13.8 Å². The van der Waals surface area contributed by atoms with E-state index in [1.807, 2.05) is 0 Å². The molecule has 1 atom stereocenters. The van der Waals surface area contributed by atoms with Crippen molar-refractivity contribution in [3.63, 3.8) is 0 Å². The van der Waals surface area contributed by atoms with Gasteiger partial charge < -0.3 is 14.3 Å². The van der Waals surface area contributed by atoms with Crippen molar-refractivity contribution in [3.8, 4) is 0 Å². The molecule has 1 aromatic heterocycles. The second-order valence-electron chi connectivity index (χ2n) is 5.06. The van der Waals surface area contributed by atoms with E-state index in [1.54, 1.807) is 18.2 Å². The lowest BCUT2D eigenvalue weighted by Crippen LogP contribution is -2.07. The number of carbonyl (C=O) groups is 1. The lowest BCUT2D eigenvalue weighted by molar-refractivity contribution is 0.0601. The minimum atomic E-state index is -1.40. The molecule has 0 fully saturated rings. The van der Waals surface area contributed by atoms with Crippen LogP contribution in [0.2, 0.25) is 0 Å². The number of methoxy groups -OCH3 is 1. The Labute approximate surface area is 139 Å². The molecular formula is C17H14O6S. The van der Waals surface area contributed by atoms with E-state index < -0.39 is 16.8 Å². The maximum absolute atomic E-state index is 12.7. The van der Waals surface area contributed by atoms with Crippen LogP contribution >= 0.6 is 0 Å². The smallest absolute Gasteiger partial charge is 0.337 e. The molecule has 0 saturated heterocycles. The molecule has 0 amide bonds. The first kappa shape index (κ1) is 16.4. The number of carbonyl (C=O) groups excluding carboxylic acids is 1. The Balaban J connectivity index is 2.24. The van der Waals surface area contributed by atoms with Gasteiger partial charge in [0.25, 0.3) is 0 Å². The van der Waals surface area contributed by atoms with Crippen molar-refractivity contribution < 1.29 is 23.3 Å². The fraction of sp³-hybridized carbons (Fsp3) is 0.176. The molecule has 124 valence electrons. The third kappa shape index (κ3) is 2.83. The van der Waals surface area contributed by atoms with Crippen molar-refractivity contribution >= 4 is 38.7 Å². The molecule has 0 aliphatic heterocycles. The van der Waals surface area contributed by atoms with Crippen LogP contribution < -0.4 is 5.43 Å². The van der Waals surface area contributed by atoms with Crippen LogP contribution in [0.5, 0.6) is 0 Å². The van der Waals surface area contributed by atoms with Crippen molar-refractivity contribution in [1.29, 1.82) is 0 Å². The third-order valence-electron chi connectivity index (χ3n) is 3.60. The molecular weight excluding hydrogens is 332 g/mol. The minimum absolute atomic E-state index is 0.0942. The summed E-state index contributed by atoms with van der Waals surface area (Å²) in [4.78, 5) is 24.8.